The van der Waals surface area contributed by atoms with E-state index in [4.69, 9.17) is 9.84 Å². The van der Waals surface area contributed by atoms with Crippen LogP contribution < -0.4 is 15.0 Å². The Morgan fingerprint density at radius 1 is 1.09 bits per heavy atom. The van der Waals surface area contributed by atoms with Crippen molar-refractivity contribution in [2.75, 3.05) is 38.8 Å². The third-order valence-corrected chi connectivity index (χ3v) is 3.73. The van der Waals surface area contributed by atoms with Crippen LogP contribution in [0.2, 0.25) is 0 Å². The first-order valence-corrected chi connectivity index (χ1v) is 8.22. The average Bonchev–Trinajstić information content (AvgIpc) is 2.65. The number of nitrogens with zero attached hydrogens (tertiary/aromatic N) is 3. The SMILES string of the molecule is CC.CO.COc1nc2c(c(N3CCCCC3)n1)CNCC2. The normalized spacial score (nSPS) is 16.5. The Kier molecular flexibility index (Phi) is 8.77. The molecule has 1 aromatic heterocycles. The minimum atomic E-state index is 0.510. The molecular formula is C16H30N4O2. The Hall–Kier alpha value is -1.40. The molecule has 0 spiro atoms. The minimum absolute atomic E-state index is 0.510. The van der Waals surface area contributed by atoms with Crippen LogP contribution in [0.4, 0.5) is 5.82 Å². The minimum Gasteiger partial charge on any atom is -0.467 e. The van der Waals surface area contributed by atoms with Crippen molar-refractivity contribution < 1.29 is 9.84 Å². The van der Waals surface area contributed by atoms with Crippen LogP contribution in [0.1, 0.15) is 44.4 Å². The molecule has 22 heavy (non-hydrogen) atoms. The molecule has 6 heteroatoms. The number of aromatic nitrogens is 2. The number of aliphatic hydroxyl groups is 1. The zero-order valence-corrected chi connectivity index (χ0v) is 14.4. The highest BCUT2D eigenvalue weighted by molar-refractivity contribution is 5.51. The summed E-state index contributed by atoms with van der Waals surface area (Å²) in [6.07, 6.45) is 4.82. The fraction of sp³-hybridized carbons (Fsp3) is 0.750. The molecule has 1 fully saturated rings. The van der Waals surface area contributed by atoms with Gasteiger partial charge in [-0.05, 0) is 19.3 Å². The van der Waals surface area contributed by atoms with E-state index in [0.29, 0.717) is 6.01 Å². The first-order chi connectivity index (χ1) is 10.9. The standard InChI is InChI=1S/C13H20N4O.C2H6.CH4O/c1-18-13-15-11-5-6-14-9-10(11)12(16-13)17-7-3-2-4-8-17;2*1-2/h14H,2-9H2,1H3;1-2H3;2H,1H3. The van der Waals surface area contributed by atoms with Crippen molar-refractivity contribution in [3.63, 3.8) is 0 Å². The number of aliphatic hydroxyl groups excluding tert-OH is 1. The number of rotatable bonds is 2. The number of methoxy groups -OCH3 is 1. The van der Waals surface area contributed by atoms with E-state index < -0.39 is 0 Å². The number of hydrogen-bond donors (Lipinski definition) is 2. The van der Waals surface area contributed by atoms with Crippen LogP contribution in [0.3, 0.4) is 0 Å². The Morgan fingerprint density at radius 2 is 1.77 bits per heavy atom. The summed E-state index contributed by atoms with van der Waals surface area (Å²) in [5.74, 6) is 1.09. The van der Waals surface area contributed by atoms with Crippen molar-refractivity contribution >= 4 is 5.82 Å². The van der Waals surface area contributed by atoms with Crippen LogP contribution in [0.5, 0.6) is 6.01 Å². The first-order valence-electron chi connectivity index (χ1n) is 8.22. The predicted octanol–water partition coefficient (Wildman–Crippen LogP) is 1.76. The molecule has 2 aliphatic rings. The lowest BCUT2D eigenvalue weighted by Crippen LogP contribution is -2.34. The van der Waals surface area contributed by atoms with Crippen molar-refractivity contribution in [1.29, 1.82) is 0 Å². The molecule has 0 atom stereocenters. The molecule has 6 nitrogen and oxygen atoms in total. The molecule has 0 aliphatic carbocycles. The Morgan fingerprint density at radius 3 is 2.41 bits per heavy atom. The zero-order chi connectivity index (χ0) is 16.4. The lowest BCUT2D eigenvalue weighted by molar-refractivity contribution is 0.375. The maximum Gasteiger partial charge on any atom is 0.318 e. The van der Waals surface area contributed by atoms with E-state index in [1.54, 1.807) is 7.11 Å². The van der Waals surface area contributed by atoms with Crippen molar-refractivity contribution in [3.8, 4) is 6.01 Å². The number of fused-ring (bicyclic) bond motifs is 1. The third kappa shape index (κ3) is 4.55. The summed E-state index contributed by atoms with van der Waals surface area (Å²) in [5.41, 5.74) is 2.42. The van der Waals surface area contributed by atoms with E-state index >= 15 is 0 Å². The molecular weight excluding hydrogens is 280 g/mol. The molecule has 0 aromatic carbocycles. The molecule has 3 rings (SSSR count). The molecule has 0 bridgehead atoms. The Bertz CT molecular complexity index is 434. The van der Waals surface area contributed by atoms with Gasteiger partial charge in [0.15, 0.2) is 0 Å². The smallest absolute Gasteiger partial charge is 0.318 e. The van der Waals surface area contributed by atoms with E-state index in [1.165, 1.54) is 24.8 Å². The summed E-state index contributed by atoms with van der Waals surface area (Å²) >= 11 is 0. The van der Waals surface area contributed by atoms with Crippen molar-refractivity contribution in [2.24, 2.45) is 0 Å². The molecule has 126 valence electrons. The summed E-state index contributed by atoms with van der Waals surface area (Å²) < 4.78 is 5.24. The number of nitrogens with one attached hydrogen (secondary N) is 1. The second-order valence-electron chi connectivity index (χ2n) is 4.93. The van der Waals surface area contributed by atoms with Gasteiger partial charge in [-0.25, -0.2) is 0 Å². The van der Waals surface area contributed by atoms with Crippen LogP contribution in [0, 0.1) is 0 Å². The summed E-state index contributed by atoms with van der Waals surface area (Å²) in [5, 5.41) is 10.4. The van der Waals surface area contributed by atoms with Crippen molar-refractivity contribution in [3.05, 3.63) is 11.3 Å². The fourth-order valence-corrected chi connectivity index (χ4v) is 2.76. The number of piperidine rings is 1. The van der Waals surface area contributed by atoms with Gasteiger partial charge in [-0.2, -0.15) is 9.97 Å². The third-order valence-electron chi connectivity index (χ3n) is 3.73. The quantitative estimate of drug-likeness (QED) is 0.867. The number of anilines is 1. The molecule has 1 aromatic rings. The fourth-order valence-electron chi connectivity index (χ4n) is 2.76. The van der Waals surface area contributed by atoms with E-state index in [2.05, 4.69) is 20.2 Å². The molecule has 1 saturated heterocycles. The van der Waals surface area contributed by atoms with Gasteiger partial charge in [0.1, 0.15) is 5.82 Å². The van der Waals surface area contributed by atoms with Gasteiger partial charge in [0, 0.05) is 45.3 Å². The van der Waals surface area contributed by atoms with Gasteiger partial charge in [-0.3, -0.25) is 0 Å². The molecule has 0 unspecified atom stereocenters. The highest BCUT2D eigenvalue weighted by Gasteiger charge is 2.22. The second-order valence-corrected chi connectivity index (χ2v) is 4.93. The lowest BCUT2D eigenvalue weighted by atomic mass is 10.1. The number of ether oxygens (including phenoxy) is 1. The second kappa shape index (κ2) is 10.3. The summed E-state index contributed by atoms with van der Waals surface area (Å²) in [6.45, 7) is 8.08. The van der Waals surface area contributed by atoms with Crippen molar-refractivity contribution in [1.82, 2.24) is 15.3 Å². The highest BCUT2D eigenvalue weighted by Crippen LogP contribution is 2.27. The largest absolute Gasteiger partial charge is 0.467 e. The van der Waals surface area contributed by atoms with Gasteiger partial charge in [-0.1, -0.05) is 13.8 Å². The van der Waals surface area contributed by atoms with Crippen LogP contribution in [0.25, 0.3) is 0 Å². The maximum atomic E-state index is 7.00. The van der Waals surface area contributed by atoms with Crippen LogP contribution in [-0.4, -0.2) is 48.9 Å². The lowest BCUT2D eigenvalue weighted by Gasteiger charge is -2.31. The van der Waals surface area contributed by atoms with Crippen LogP contribution in [0.15, 0.2) is 0 Å². The zero-order valence-electron chi connectivity index (χ0n) is 14.4. The highest BCUT2D eigenvalue weighted by atomic mass is 16.5. The molecule has 2 N–H and O–H groups in total. The van der Waals surface area contributed by atoms with E-state index in [-0.39, 0.29) is 0 Å². The van der Waals surface area contributed by atoms with Gasteiger partial charge in [-0.15, -0.1) is 0 Å². The Labute approximate surface area is 133 Å². The molecule has 0 radical (unpaired) electrons. The monoisotopic (exact) mass is 310 g/mol. The van der Waals surface area contributed by atoms with E-state index in [9.17, 15) is 0 Å². The van der Waals surface area contributed by atoms with E-state index in [1.807, 2.05) is 13.8 Å². The predicted molar refractivity (Wildman–Crippen MR) is 89.5 cm³/mol. The van der Waals surface area contributed by atoms with Gasteiger partial charge in [0.05, 0.1) is 12.8 Å². The van der Waals surface area contributed by atoms with Gasteiger partial charge in [0.25, 0.3) is 0 Å². The molecule has 0 amide bonds. The topological polar surface area (TPSA) is 70.5 Å². The first kappa shape index (κ1) is 18.6. The summed E-state index contributed by atoms with van der Waals surface area (Å²) in [4.78, 5) is 11.5. The molecule has 3 heterocycles. The van der Waals surface area contributed by atoms with Crippen LogP contribution in [-0.2, 0) is 13.0 Å². The van der Waals surface area contributed by atoms with Gasteiger partial charge < -0.3 is 20.1 Å². The van der Waals surface area contributed by atoms with Gasteiger partial charge >= 0.3 is 6.01 Å². The molecule has 2 aliphatic heterocycles. The average molecular weight is 310 g/mol. The van der Waals surface area contributed by atoms with E-state index in [0.717, 1.165) is 51.2 Å². The molecule has 0 saturated carbocycles. The summed E-state index contributed by atoms with van der Waals surface area (Å²) in [6, 6.07) is 0.510. The Balaban J connectivity index is 0.000000561. The van der Waals surface area contributed by atoms with Crippen molar-refractivity contribution in [2.45, 2.75) is 46.1 Å². The van der Waals surface area contributed by atoms with Crippen LogP contribution >= 0.6 is 0 Å². The summed E-state index contributed by atoms with van der Waals surface area (Å²) in [7, 11) is 2.64. The number of hydrogen-bond acceptors (Lipinski definition) is 6. The maximum absolute atomic E-state index is 7.00. The van der Waals surface area contributed by atoms with Gasteiger partial charge in [0.2, 0.25) is 0 Å².